The summed E-state index contributed by atoms with van der Waals surface area (Å²) in [7, 11) is 0. The van der Waals surface area contributed by atoms with Gasteiger partial charge in [-0.1, -0.05) is 18.2 Å². The van der Waals surface area contributed by atoms with E-state index in [1.165, 1.54) is 31.2 Å². The Labute approximate surface area is 161 Å². The van der Waals surface area contributed by atoms with Crippen molar-refractivity contribution in [3.8, 4) is 5.75 Å². The zero-order valence-electron chi connectivity index (χ0n) is 15.5. The average molecular weight is 384 g/mol. The molecule has 0 saturated heterocycles. The third kappa shape index (κ3) is 5.94. The van der Waals surface area contributed by atoms with Gasteiger partial charge < -0.3 is 14.8 Å². The molecule has 2 rings (SSSR count). The molecule has 2 aromatic rings. The van der Waals surface area contributed by atoms with Crippen LogP contribution in [0.1, 0.15) is 18.1 Å². The van der Waals surface area contributed by atoms with Gasteiger partial charge in [0.05, 0.1) is 22.8 Å². The Morgan fingerprint density at radius 3 is 2.54 bits per heavy atom. The molecular formula is C20H20N2O6. The number of nitrogens with zero attached hydrogens (tertiary/aromatic N) is 1. The van der Waals surface area contributed by atoms with E-state index in [1.54, 1.807) is 30.3 Å². The first-order valence-corrected chi connectivity index (χ1v) is 8.52. The van der Waals surface area contributed by atoms with Gasteiger partial charge in [0.1, 0.15) is 5.75 Å². The number of nitrogens with one attached hydrogen (secondary N) is 1. The summed E-state index contributed by atoms with van der Waals surface area (Å²) >= 11 is 0. The Balaban J connectivity index is 1.86. The molecule has 0 aliphatic heterocycles. The summed E-state index contributed by atoms with van der Waals surface area (Å²) in [5.41, 5.74) is 1.29. The monoisotopic (exact) mass is 384 g/mol. The quantitative estimate of drug-likeness (QED) is 0.323. The predicted molar refractivity (Wildman–Crippen MR) is 104 cm³/mol. The molecule has 0 bridgehead atoms. The molecule has 0 radical (unpaired) electrons. The molecule has 146 valence electrons. The van der Waals surface area contributed by atoms with Gasteiger partial charge in [0.2, 0.25) is 0 Å². The molecule has 0 heterocycles. The summed E-state index contributed by atoms with van der Waals surface area (Å²) in [4.78, 5) is 34.1. The number of anilines is 1. The van der Waals surface area contributed by atoms with Crippen LogP contribution in [0.4, 0.5) is 11.4 Å². The van der Waals surface area contributed by atoms with E-state index < -0.39 is 23.4 Å². The topological polar surface area (TPSA) is 108 Å². The van der Waals surface area contributed by atoms with Gasteiger partial charge in [-0.05, 0) is 43.7 Å². The smallest absolute Gasteiger partial charge is 0.331 e. The number of nitro groups is 1. The van der Waals surface area contributed by atoms with Gasteiger partial charge in [-0.15, -0.1) is 0 Å². The maximum Gasteiger partial charge on any atom is 0.331 e. The van der Waals surface area contributed by atoms with Gasteiger partial charge in [0.25, 0.3) is 11.6 Å². The fourth-order valence-corrected chi connectivity index (χ4v) is 2.33. The van der Waals surface area contributed by atoms with Gasteiger partial charge in [-0.2, -0.15) is 0 Å². The van der Waals surface area contributed by atoms with Crippen molar-refractivity contribution >= 4 is 29.3 Å². The molecule has 0 aliphatic rings. The number of amides is 1. The highest BCUT2D eigenvalue weighted by Gasteiger charge is 2.15. The SMILES string of the molecule is CCOc1ccc(/C=C/C(=O)OCC(=O)Nc2cccc([N+](=O)[O-])c2C)cc1. The van der Waals surface area contributed by atoms with Crippen molar-refractivity contribution in [2.75, 3.05) is 18.5 Å². The Morgan fingerprint density at radius 2 is 1.89 bits per heavy atom. The minimum absolute atomic E-state index is 0.104. The van der Waals surface area contributed by atoms with Crippen LogP contribution in [0.5, 0.6) is 5.75 Å². The maximum atomic E-state index is 11.9. The Morgan fingerprint density at radius 1 is 1.18 bits per heavy atom. The van der Waals surface area contributed by atoms with E-state index >= 15 is 0 Å². The van der Waals surface area contributed by atoms with Crippen LogP contribution < -0.4 is 10.1 Å². The van der Waals surface area contributed by atoms with Crippen molar-refractivity contribution in [2.24, 2.45) is 0 Å². The normalized spacial score (nSPS) is 10.5. The van der Waals surface area contributed by atoms with Crippen molar-refractivity contribution in [1.82, 2.24) is 0 Å². The van der Waals surface area contributed by atoms with Gasteiger partial charge in [-0.25, -0.2) is 4.79 Å². The molecule has 2 aromatic carbocycles. The largest absolute Gasteiger partial charge is 0.494 e. The zero-order valence-corrected chi connectivity index (χ0v) is 15.5. The Hall–Kier alpha value is -3.68. The number of benzene rings is 2. The van der Waals surface area contributed by atoms with E-state index in [0.29, 0.717) is 17.9 Å². The summed E-state index contributed by atoms with van der Waals surface area (Å²) in [6, 6.07) is 11.5. The molecule has 8 nitrogen and oxygen atoms in total. The molecular weight excluding hydrogens is 364 g/mol. The summed E-state index contributed by atoms with van der Waals surface area (Å²) in [5, 5.41) is 13.4. The van der Waals surface area contributed by atoms with Crippen LogP contribution >= 0.6 is 0 Å². The van der Waals surface area contributed by atoms with Gasteiger partial charge in [0, 0.05) is 12.1 Å². The van der Waals surface area contributed by atoms with Gasteiger partial charge in [0.15, 0.2) is 6.61 Å². The number of rotatable bonds is 8. The lowest BCUT2D eigenvalue weighted by Gasteiger charge is -2.08. The maximum absolute atomic E-state index is 11.9. The molecule has 8 heteroatoms. The highest BCUT2D eigenvalue weighted by Crippen LogP contribution is 2.24. The molecule has 1 N–H and O–H groups in total. The molecule has 0 spiro atoms. The summed E-state index contributed by atoms with van der Waals surface area (Å²) in [6.45, 7) is 3.48. The Kier molecular flexibility index (Phi) is 7.27. The molecule has 0 atom stereocenters. The molecule has 0 saturated carbocycles. The fraction of sp³-hybridized carbons (Fsp3) is 0.200. The summed E-state index contributed by atoms with van der Waals surface area (Å²) < 4.78 is 10.2. The highest BCUT2D eigenvalue weighted by atomic mass is 16.6. The first-order valence-electron chi connectivity index (χ1n) is 8.52. The van der Waals surface area contributed by atoms with Crippen LogP contribution in [0.3, 0.4) is 0 Å². The summed E-state index contributed by atoms with van der Waals surface area (Å²) in [5.74, 6) is -0.540. The minimum Gasteiger partial charge on any atom is -0.494 e. The second-order valence-corrected chi connectivity index (χ2v) is 5.70. The number of ether oxygens (including phenoxy) is 2. The van der Waals surface area contributed by atoms with E-state index in [-0.39, 0.29) is 5.69 Å². The van der Waals surface area contributed by atoms with Crippen LogP contribution in [0, 0.1) is 17.0 Å². The number of hydrogen-bond donors (Lipinski definition) is 1. The number of nitro benzene ring substituents is 1. The lowest BCUT2D eigenvalue weighted by Crippen LogP contribution is -2.20. The van der Waals surface area contributed by atoms with Crippen molar-refractivity contribution in [1.29, 1.82) is 0 Å². The highest BCUT2D eigenvalue weighted by molar-refractivity contribution is 5.95. The van der Waals surface area contributed by atoms with Crippen LogP contribution in [0.15, 0.2) is 48.5 Å². The van der Waals surface area contributed by atoms with Crippen LogP contribution in [-0.4, -0.2) is 30.0 Å². The molecule has 0 fully saturated rings. The van der Waals surface area contributed by atoms with Crippen LogP contribution in [0.2, 0.25) is 0 Å². The first-order chi connectivity index (χ1) is 13.4. The van der Waals surface area contributed by atoms with E-state index in [2.05, 4.69) is 5.32 Å². The van der Waals surface area contributed by atoms with Gasteiger partial charge >= 0.3 is 5.97 Å². The molecule has 0 unspecified atom stereocenters. The molecule has 28 heavy (non-hydrogen) atoms. The van der Waals surface area contributed by atoms with Crippen LogP contribution in [-0.2, 0) is 14.3 Å². The van der Waals surface area contributed by atoms with Crippen molar-refractivity contribution in [3.05, 3.63) is 69.8 Å². The standard InChI is InChI=1S/C20H20N2O6/c1-3-27-16-10-7-15(8-11-16)9-12-20(24)28-13-19(23)21-17-5-4-6-18(14(17)2)22(25)26/h4-12H,3,13H2,1-2H3,(H,21,23)/b12-9+. The number of hydrogen-bond acceptors (Lipinski definition) is 6. The van der Waals surface area contributed by atoms with Crippen molar-refractivity contribution < 1.29 is 24.0 Å². The number of carbonyl (C=O) groups is 2. The van der Waals surface area contributed by atoms with E-state index in [9.17, 15) is 19.7 Å². The van der Waals surface area contributed by atoms with Crippen LogP contribution in [0.25, 0.3) is 6.08 Å². The third-order valence-corrected chi connectivity index (χ3v) is 3.72. The molecule has 1 amide bonds. The third-order valence-electron chi connectivity index (χ3n) is 3.72. The second-order valence-electron chi connectivity index (χ2n) is 5.70. The first kappa shape index (κ1) is 20.6. The Bertz CT molecular complexity index is 890. The lowest BCUT2D eigenvalue weighted by molar-refractivity contribution is -0.385. The van der Waals surface area contributed by atoms with Crippen molar-refractivity contribution in [2.45, 2.75) is 13.8 Å². The van der Waals surface area contributed by atoms with Gasteiger partial charge in [-0.3, -0.25) is 14.9 Å². The van der Waals surface area contributed by atoms with Crippen molar-refractivity contribution in [3.63, 3.8) is 0 Å². The zero-order chi connectivity index (χ0) is 20.5. The molecule has 0 aromatic heterocycles. The van der Waals surface area contributed by atoms with E-state index in [4.69, 9.17) is 9.47 Å². The summed E-state index contributed by atoms with van der Waals surface area (Å²) in [6.07, 6.45) is 2.77. The van der Waals surface area contributed by atoms with E-state index in [0.717, 1.165) is 11.3 Å². The second kappa shape index (κ2) is 9.86. The number of carbonyl (C=O) groups excluding carboxylic acids is 2. The molecule has 0 aliphatic carbocycles. The average Bonchev–Trinajstić information content (AvgIpc) is 2.67. The number of esters is 1. The van der Waals surface area contributed by atoms with E-state index in [1.807, 2.05) is 6.92 Å². The lowest BCUT2D eigenvalue weighted by atomic mass is 10.1. The fourth-order valence-electron chi connectivity index (χ4n) is 2.33. The minimum atomic E-state index is -0.681. The predicted octanol–water partition coefficient (Wildman–Crippen LogP) is 3.50.